The number of para-hydroxylation sites is 2. The molecule has 0 bridgehead atoms. The highest BCUT2D eigenvalue weighted by atomic mass is 79.9. The van der Waals surface area contributed by atoms with Crippen molar-refractivity contribution in [2.75, 3.05) is 0 Å². The summed E-state index contributed by atoms with van der Waals surface area (Å²) in [5.41, 5.74) is 2.32. The molecule has 0 N–H and O–H groups in total. The Labute approximate surface area is 118 Å². The van der Waals surface area contributed by atoms with Crippen LogP contribution in [0.4, 0.5) is 0 Å². The van der Waals surface area contributed by atoms with E-state index in [1.807, 2.05) is 36.4 Å². The third kappa shape index (κ3) is 3.11. The lowest BCUT2D eigenvalue weighted by Crippen LogP contribution is -1.94. The van der Waals surface area contributed by atoms with Gasteiger partial charge in [0, 0.05) is 21.8 Å². The van der Waals surface area contributed by atoms with Gasteiger partial charge in [0.05, 0.1) is 0 Å². The summed E-state index contributed by atoms with van der Waals surface area (Å²) in [6.07, 6.45) is 0. The van der Waals surface area contributed by atoms with Crippen LogP contribution in [0.3, 0.4) is 0 Å². The number of hydrogen-bond acceptors (Lipinski definition) is 1. The molecule has 0 saturated heterocycles. The van der Waals surface area contributed by atoms with Crippen LogP contribution < -0.4 is 4.74 Å². The Morgan fingerprint density at radius 3 is 1.88 bits per heavy atom. The Kier molecular flexibility index (Phi) is 4.63. The largest absolute Gasteiger partial charge is 0.457 e. The summed E-state index contributed by atoms with van der Waals surface area (Å²) in [7, 11) is 0. The molecule has 0 aromatic heterocycles. The zero-order valence-corrected chi connectivity index (χ0v) is 12.4. The van der Waals surface area contributed by atoms with E-state index in [9.17, 15) is 0 Å². The van der Waals surface area contributed by atoms with E-state index in [1.54, 1.807) is 0 Å². The molecular formula is C14H12Br2O. The molecular weight excluding hydrogens is 344 g/mol. The quantitative estimate of drug-likeness (QED) is 0.679. The van der Waals surface area contributed by atoms with Gasteiger partial charge < -0.3 is 4.74 Å². The minimum Gasteiger partial charge on any atom is -0.457 e. The van der Waals surface area contributed by atoms with E-state index in [1.165, 1.54) is 0 Å². The van der Waals surface area contributed by atoms with E-state index >= 15 is 0 Å². The van der Waals surface area contributed by atoms with Crippen molar-refractivity contribution in [3.8, 4) is 11.5 Å². The van der Waals surface area contributed by atoms with Gasteiger partial charge in [0.2, 0.25) is 0 Å². The smallest absolute Gasteiger partial charge is 0.135 e. The van der Waals surface area contributed by atoms with E-state index in [0.29, 0.717) is 0 Å². The predicted molar refractivity (Wildman–Crippen MR) is 78.2 cm³/mol. The minimum atomic E-state index is 0.788. The van der Waals surface area contributed by atoms with Gasteiger partial charge in [-0.3, -0.25) is 0 Å². The molecule has 1 nitrogen and oxygen atoms in total. The molecule has 0 aliphatic heterocycles. The van der Waals surface area contributed by atoms with Crippen molar-refractivity contribution in [1.82, 2.24) is 0 Å². The summed E-state index contributed by atoms with van der Waals surface area (Å²) in [6, 6.07) is 16.0. The maximum Gasteiger partial charge on any atom is 0.135 e. The second kappa shape index (κ2) is 6.22. The minimum absolute atomic E-state index is 0.788. The molecule has 0 atom stereocenters. The van der Waals surface area contributed by atoms with Gasteiger partial charge in [-0.15, -0.1) is 0 Å². The molecule has 0 fully saturated rings. The number of halogens is 2. The number of rotatable bonds is 4. The van der Waals surface area contributed by atoms with Gasteiger partial charge in [-0.1, -0.05) is 68.3 Å². The van der Waals surface area contributed by atoms with Crippen molar-refractivity contribution >= 4 is 31.9 Å². The van der Waals surface area contributed by atoms with E-state index in [4.69, 9.17) is 4.74 Å². The van der Waals surface area contributed by atoms with Gasteiger partial charge in [-0.05, 0) is 12.1 Å². The van der Waals surface area contributed by atoms with Crippen molar-refractivity contribution in [1.29, 1.82) is 0 Å². The normalized spacial score (nSPS) is 10.2. The number of alkyl halides is 2. The second-order valence-corrected chi connectivity index (χ2v) is 4.71. The van der Waals surface area contributed by atoms with Crippen LogP contribution in [0.15, 0.2) is 48.5 Å². The molecule has 2 aromatic rings. The Balaban J connectivity index is 2.37. The average Bonchev–Trinajstić information content (AvgIpc) is 2.40. The maximum absolute atomic E-state index is 5.96. The molecule has 3 heteroatoms. The third-order valence-corrected chi connectivity index (χ3v) is 3.64. The van der Waals surface area contributed by atoms with Crippen molar-refractivity contribution in [2.24, 2.45) is 0 Å². The lowest BCUT2D eigenvalue weighted by molar-refractivity contribution is 0.474. The number of ether oxygens (including phenoxy) is 1. The molecule has 0 aliphatic carbocycles. The highest BCUT2D eigenvalue weighted by molar-refractivity contribution is 9.08. The van der Waals surface area contributed by atoms with Crippen LogP contribution in [0.25, 0.3) is 0 Å². The van der Waals surface area contributed by atoms with Crippen LogP contribution in [-0.4, -0.2) is 0 Å². The van der Waals surface area contributed by atoms with E-state index in [-0.39, 0.29) is 0 Å². The fourth-order valence-corrected chi connectivity index (χ4v) is 2.47. The second-order valence-electron chi connectivity index (χ2n) is 3.59. The van der Waals surface area contributed by atoms with Gasteiger partial charge in [0.1, 0.15) is 11.5 Å². The first-order valence-electron chi connectivity index (χ1n) is 5.30. The molecule has 88 valence electrons. The molecule has 0 amide bonds. The van der Waals surface area contributed by atoms with Gasteiger partial charge in [-0.2, -0.15) is 0 Å². The van der Waals surface area contributed by atoms with Crippen molar-refractivity contribution in [2.45, 2.75) is 10.7 Å². The van der Waals surface area contributed by atoms with E-state index in [2.05, 4.69) is 44.0 Å². The molecule has 0 spiro atoms. The monoisotopic (exact) mass is 354 g/mol. The summed E-state index contributed by atoms with van der Waals surface area (Å²) < 4.78 is 5.96. The first-order chi connectivity index (χ1) is 8.35. The first kappa shape index (κ1) is 12.7. The van der Waals surface area contributed by atoms with Gasteiger partial charge in [-0.25, -0.2) is 0 Å². The first-order valence-corrected chi connectivity index (χ1v) is 7.55. The van der Waals surface area contributed by atoms with Crippen molar-refractivity contribution in [3.05, 3.63) is 59.7 Å². The standard InChI is InChI=1S/C14H12Br2O/c15-9-11-5-4-6-12(10-16)14(11)17-13-7-2-1-3-8-13/h1-8H,9-10H2. The molecule has 2 aromatic carbocycles. The highest BCUT2D eigenvalue weighted by Gasteiger charge is 2.09. The fraction of sp³-hybridized carbons (Fsp3) is 0.143. The molecule has 0 heterocycles. The number of benzene rings is 2. The summed E-state index contributed by atoms with van der Waals surface area (Å²) in [5.74, 6) is 1.80. The van der Waals surface area contributed by atoms with Gasteiger partial charge in [0.25, 0.3) is 0 Å². The molecule has 2 rings (SSSR count). The lowest BCUT2D eigenvalue weighted by atomic mass is 10.1. The lowest BCUT2D eigenvalue weighted by Gasteiger charge is -2.13. The number of hydrogen-bond donors (Lipinski definition) is 0. The average molecular weight is 356 g/mol. The summed E-state index contributed by atoms with van der Waals surface area (Å²) >= 11 is 6.98. The highest BCUT2D eigenvalue weighted by Crippen LogP contribution is 2.32. The van der Waals surface area contributed by atoms with Gasteiger partial charge >= 0.3 is 0 Å². The van der Waals surface area contributed by atoms with Crippen LogP contribution in [-0.2, 0) is 10.7 Å². The van der Waals surface area contributed by atoms with Crippen LogP contribution in [0.2, 0.25) is 0 Å². The molecule has 0 saturated carbocycles. The Bertz CT molecular complexity index is 461. The molecule has 0 unspecified atom stereocenters. The molecule has 17 heavy (non-hydrogen) atoms. The Hall–Kier alpha value is -0.800. The summed E-state index contributed by atoms with van der Waals surface area (Å²) in [6.45, 7) is 0. The van der Waals surface area contributed by atoms with Crippen LogP contribution in [0.1, 0.15) is 11.1 Å². The molecule has 0 aliphatic rings. The maximum atomic E-state index is 5.96. The zero-order chi connectivity index (χ0) is 12.1. The van der Waals surface area contributed by atoms with Crippen molar-refractivity contribution in [3.63, 3.8) is 0 Å². The Morgan fingerprint density at radius 1 is 0.765 bits per heavy atom. The zero-order valence-electron chi connectivity index (χ0n) is 9.20. The fourth-order valence-electron chi connectivity index (χ4n) is 1.59. The summed E-state index contributed by atoms with van der Waals surface area (Å²) in [4.78, 5) is 0. The van der Waals surface area contributed by atoms with Crippen LogP contribution in [0, 0.1) is 0 Å². The third-order valence-electron chi connectivity index (χ3n) is 2.43. The van der Waals surface area contributed by atoms with Crippen LogP contribution in [0.5, 0.6) is 11.5 Å². The summed E-state index contributed by atoms with van der Waals surface area (Å²) in [5, 5.41) is 1.58. The molecule has 0 radical (unpaired) electrons. The van der Waals surface area contributed by atoms with Crippen molar-refractivity contribution < 1.29 is 4.74 Å². The van der Waals surface area contributed by atoms with E-state index in [0.717, 1.165) is 33.3 Å². The van der Waals surface area contributed by atoms with Gasteiger partial charge in [0.15, 0.2) is 0 Å². The van der Waals surface area contributed by atoms with E-state index < -0.39 is 0 Å². The topological polar surface area (TPSA) is 9.23 Å². The SMILES string of the molecule is BrCc1cccc(CBr)c1Oc1ccccc1. The van der Waals surface area contributed by atoms with Crippen LogP contribution >= 0.6 is 31.9 Å². The Morgan fingerprint density at radius 2 is 1.35 bits per heavy atom. The predicted octanol–water partition coefficient (Wildman–Crippen LogP) is 5.27.